The molecule has 0 atom stereocenters. The maximum atomic E-state index is 13.2. The maximum absolute atomic E-state index is 13.2. The monoisotopic (exact) mass is 402 g/mol. The highest BCUT2D eigenvalue weighted by Crippen LogP contribution is 2.37. The minimum atomic E-state index is -3.97. The number of urea groups is 1. The van der Waals surface area contributed by atoms with E-state index in [1.807, 2.05) is 0 Å². The van der Waals surface area contributed by atoms with Gasteiger partial charge >= 0.3 is 6.03 Å². The number of amides is 2. The number of benzene rings is 2. The first-order valence-corrected chi connectivity index (χ1v) is 11.1. The molecule has 1 saturated carbocycles. The standard InChI is InChI=1S/C21H23FN2O3S/c22-18-12-10-17(11-13-18)15-24-21(25)23(14-16-6-2-1-3-7-16)19-8-4-5-9-20(19)28(24,26)27/h4-5,8-13,16H,1-3,6-7,14-15H2. The lowest BCUT2D eigenvalue weighted by Crippen LogP contribution is -2.51. The topological polar surface area (TPSA) is 57.7 Å². The Morgan fingerprint density at radius 2 is 1.64 bits per heavy atom. The molecular formula is C21H23FN2O3S. The molecule has 1 aliphatic carbocycles. The number of fused-ring (bicyclic) bond motifs is 1. The fraction of sp³-hybridized carbons (Fsp3) is 0.381. The number of sulfonamides is 1. The normalized spacial score (nSPS) is 19.5. The van der Waals surface area contributed by atoms with Gasteiger partial charge in [0.15, 0.2) is 0 Å². The third-order valence-electron chi connectivity index (χ3n) is 5.57. The van der Waals surface area contributed by atoms with Crippen LogP contribution in [-0.2, 0) is 16.6 Å². The van der Waals surface area contributed by atoms with Crippen molar-refractivity contribution in [1.82, 2.24) is 4.31 Å². The van der Waals surface area contributed by atoms with Crippen molar-refractivity contribution in [3.05, 3.63) is 59.9 Å². The summed E-state index contributed by atoms with van der Waals surface area (Å²) < 4.78 is 40.4. The Hall–Kier alpha value is -2.41. The van der Waals surface area contributed by atoms with Gasteiger partial charge in [-0.05, 0) is 48.6 Å². The summed E-state index contributed by atoms with van der Waals surface area (Å²) in [7, 11) is -3.97. The number of halogens is 1. The number of carbonyl (C=O) groups excluding carboxylic acids is 1. The van der Waals surface area contributed by atoms with Crippen molar-refractivity contribution in [2.45, 2.75) is 43.5 Å². The molecule has 1 fully saturated rings. The summed E-state index contributed by atoms with van der Waals surface area (Å²) in [6.07, 6.45) is 5.61. The molecule has 2 amide bonds. The molecule has 1 heterocycles. The van der Waals surface area contributed by atoms with Crippen LogP contribution in [0.3, 0.4) is 0 Å². The smallest absolute Gasteiger partial charge is 0.292 e. The number of nitrogens with zero attached hydrogens (tertiary/aromatic N) is 2. The molecule has 2 aromatic rings. The second kappa shape index (κ2) is 7.54. The Balaban J connectivity index is 1.70. The zero-order chi connectivity index (χ0) is 19.7. The summed E-state index contributed by atoms with van der Waals surface area (Å²) in [5.41, 5.74) is 1.02. The van der Waals surface area contributed by atoms with Gasteiger partial charge in [0.1, 0.15) is 10.7 Å². The lowest BCUT2D eigenvalue weighted by molar-refractivity contribution is 0.223. The largest absolute Gasteiger partial charge is 0.338 e. The molecule has 28 heavy (non-hydrogen) atoms. The third-order valence-corrected chi connectivity index (χ3v) is 7.34. The summed E-state index contributed by atoms with van der Waals surface area (Å²) in [5.74, 6) is -0.0277. The lowest BCUT2D eigenvalue weighted by atomic mass is 9.89. The van der Waals surface area contributed by atoms with Gasteiger partial charge in [-0.3, -0.25) is 4.90 Å². The fourth-order valence-corrected chi connectivity index (χ4v) is 5.62. The van der Waals surface area contributed by atoms with Crippen LogP contribution in [0.5, 0.6) is 0 Å². The average Bonchev–Trinajstić information content (AvgIpc) is 2.71. The van der Waals surface area contributed by atoms with E-state index >= 15 is 0 Å². The second-order valence-corrected chi connectivity index (χ2v) is 9.33. The predicted octanol–water partition coefficient (Wildman–Crippen LogP) is 4.54. The van der Waals surface area contributed by atoms with E-state index in [4.69, 9.17) is 0 Å². The van der Waals surface area contributed by atoms with Crippen LogP contribution in [0.2, 0.25) is 0 Å². The molecule has 0 N–H and O–H groups in total. The second-order valence-electron chi connectivity index (χ2n) is 7.50. The van der Waals surface area contributed by atoms with Crippen LogP contribution >= 0.6 is 0 Å². The van der Waals surface area contributed by atoms with Gasteiger partial charge in [0.05, 0.1) is 12.2 Å². The van der Waals surface area contributed by atoms with Crippen LogP contribution in [0.25, 0.3) is 0 Å². The van der Waals surface area contributed by atoms with Crippen LogP contribution < -0.4 is 4.90 Å². The minimum absolute atomic E-state index is 0.114. The van der Waals surface area contributed by atoms with Gasteiger partial charge in [-0.2, -0.15) is 0 Å². The molecule has 4 rings (SSSR count). The third kappa shape index (κ3) is 3.51. The predicted molar refractivity (Wildman–Crippen MR) is 105 cm³/mol. The van der Waals surface area contributed by atoms with Gasteiger partial charge in [-0.25, -0.2) is 21.9 Å². The van der Waals surface area contributed by atoms with Gasteiger partial charge < -0.3 is 0 Å². The lowest BCUT2D eigenvalue weighted by Gasteiger charge is -2.38. The Morgan fingerprint density at radius 1 is 0.964 bits per heavy atom. The summed E-state index contributed by atoms with van der Waals surface area (Å²) in [6, 6.07) is 11.7. The van der Waals surface area contributed by atoms with E-state index in [-0.39, 0.29) is 11.4 Å². The number of rotatable bonds is 4. The first-order chi connectivity index (χ1) is 13.5. The van der Waals surface area contributed by atoms with Crippen molar-refractivity contribution < 1.29 is 17.6 Å². The Morgan fingerprint density at radius 3 is 2.36 bits per heavy atom. The van der Waals surface area contributed by atoms with Gasteiger partial charge in [-0.1, -0.05) is 43.5 Å². The van der Waals surface area contributed by atoms with E-state index in [1.54, 1.807) is 29.2 Å². The van der Waals surface area contributed by atoms with Crippen molar-refractivity contribution in [3.63, 3.8) is 0 Å². The number of para-hydroxylation sites is 1. The molecule has 0 unspecified atom stereocenters. The summed E-state index contributed by atoms with van der Waals surface area (Å²) in [6.45, 7) is 0.405. The zero-order valence-electron chi connectivity index (χ0n) is 15.6. The first kappa shape index (κ1) is 18.9. The van der Waals surface area contributed by atoms with E-state index in [0.717, 1.165) is 30.0 Å². The van der Waals surface area contributed by atoms with Crippen molar-refractivity contribution >= 4 is 21.7 Å². The number of carbonyl (C=O) groups is 1. The van der Waals surface area contributed by atoms with Gasteiger partial charge in [-0.15, -0.1) is 0 Å². The van der Waals surface area contributed by atoms with E-state index < -0.39 is 21.9 Å². The molecular weight excluding hydrogens is 379 g/mol. The van der Waals surface area contributed by atoms with Gasteiger partial charge in [0.2, 0.25) is 0 Å². The summed E-state index contributed by atoms with van der Waals surface area (Å²) in [5, 5.41) is 0. The molecule has 148 valence electrons. The van der Waals surface area contributed by atoms with Crippen LogP contribution in [0.15, 0.2) is 53.4 Å². The van der Waals surface area contributed by atoms with Crippen LogP contribution in [0, 0.1) is 11.7 Å². The first-order valence-electron chi connectivity index (χ1n) is 9.64. The molecule has 0 aromatic heterocycles. The molecule has 0 spiro atoms. The Kier molecular flexibility index (Phi) is 5.10. The average molecular weight is 402 g/mol. The van der Waals surface area contributed by atoms with E-state index in [2.05, 4.69) is 0 Å². The minimum Gasteiger partial charge on any atom is -0.292 e. The summed E-state index contributed by atoms with van der Waals surface area (Å²) >= 11 is 0. The van der Waals surface area contributed by atoms with Gasteiger partial charge in [0, 0.05) is 6.54 Å². The van der Waals surface area contributed by atoms with Crippen molar-refractivity contribution in [3.8, 4) is 0 Å². The molecule has 0 bridgehead atoms. The van der Waals surface area contributed by atoms with E-state index in [9.17, 15) is 17.6 Å². The van der Waals surface area contributed by atoms with Crippen molar-refractivity contribution in [1.29, 1.82) is 0 Å². The Bertz CT molecular complexity index is 969. The number of anilines is 1. The maximum Gasteiger partial charge on any atom is 0.338 e. The van der Waals surface area contributed by atoms with Crippen LogP contribution in [-0.4, -0.2) is 25.3 Å². The molecule has 7 heteroatoms. The molecule has 5 nitrogen and oxygen atoms in total. The molecule has 1 aliphatic heterocycles. The molecule has 2 aromatic carbocycles. The van der Waals surface area contributed by atoms with Crippen molar-refractivity contribution in [2.24, 2.45) is 5.92 Å². The van der Waals surface area contributed by atoms with E-state index in [0.29, 0.717) is 23.7 Å². The fourth-order valence-electron chi connectivity index (χ4n) is 4.07. The highest BCUT2D eigenvalue weighted by atomic mass is 32.2. The SMILES string of the molecule is O=C1N(CC2CCCCC2)c2ccccc2S(=O)(=O)N1Cc1ccc(F)cc1. The Labute approximate surface area is 164 Å². The number of hydrogen-bond acceptors (Lipinski definition) is 3. The zero-order valence-corrected chi connectivity index (χ0v) is 16.4. The summed E-state index contributed by atoms with van der Waals surface area (Å²) in [4.78, 5) is 15.0. The molecule has 0 saturated heterocycles. The van der Waals surface area contributed by atoms with E-state index in [1.165, 1.54) is 30.7 Å². The van der Waals surface area contributed by atoms with Gasteiger partial charge in [0.25, 0.3) is 10.0 Å². The van der Waals surface area contributed by atoms with Crippen LogP contribution in [0.1, 0.15) is 37.7 Å². The highest BCUT2D eigenvalue weighted by molar-refractivity contribution is 7.90. The molecule has 0 radical (unpaired) electrons. The molecule has 2 aliphatic rings. The van der Waals surface area contributed by atoms with Crippen molar-refractivity contribution in [2.75, 3.05) is 11.4 Å². The highest BCUT2D eigenvalue weighted by Gasteiger charge is 2.41. The van der Waals surface area contributed by atoms with Crippen LogP contribution in [0.4, 0.5) is 14.9 Å². The number of hydrogen-bond donors (Lipinski definition) is 0. The quantitative estimate of drug-likeness (QED) is 0.755.